The van der Waals surface area contributed by atoms with Crippen LogP contribution in [-0.2, 0) is 21.4 Å². The third-order valence-electron chi connectivity index (χ3n) is 4.93. The lowest BCUT2D eigenvalue weighted by molar-refractivity contribution is -0.127. The fourth-order valence-corrected chi connectivity index (χ4v) is 4.64. The molecule has 162 valence electrons. The van der Waals surface area contributed by atoms with Gasteiger partial charge in [-0.25, -0.2) is 13.4 Å². The van der Waals surface area contributed by atoms with Gasteiger partial charge in [0.1, 0.15) is 5.82 Å². The van der Waals surface area contributed by atoms with Crippen LogP contribution in [0.5, 0.6) is 0 Å². The van der Waals surface area contributed by atoms with Crippen molar-refractivity contribution < 1.29 is 13.2 Å². The summed E-state index contributed by atoms with van der Waals surface area (Å²) in [5, 5.41) is 0.854. The van der Waals surface area contributed by atoms with Gasteiger partial charge in [0.25, 0.3) is 21.5 Å². The van der Waals surface area contributed by atoms with Gasteiger partial charge in [0, 0.05) is 24.3 Å². The number of nitrogens with one attached hydrogen (secondary N) is 1. The van der Waals surface area contributed by atoms with Gasteiger partial charge in [0.05, 0.1) is 28.8 Å². The van der Waals surface area contributed by atoms with Gasteiger partial charge in [0.2, 0.25) is 0 Å². The molecule has 2 aliphatic heterocycles. The van der Waals surface area contributed by atoms with Crippen molar-refractivity contribution in [3.63, 3.8) is 0 Å². The number of fused-ring (bicyclic) bond motifs is 2. The summed E-state index contributed by atoms with van der Waals surface area (Å²) in [6, 6.07) is 4.80. The minimum absolute atomic E-state index is 0.0471. The molecule has 0 spiro atoms. The molecule has 2 aliphatic rings. The zero-order valence-electron chi connectivity index (χ0n) is 16.7. The average Bonchev–Trinajstić information content (AvgIpc) is 2.71. The maximum absolute atomic E-state index is 13.3. The second-order valence-corrected chi connectivity index (χ2v) is 9.41. The summed E-state index contributed by atoms with van der Waals surface area (Å²) in [5.41, 5.74) is 0.295. The second-order valence-electron chi connectivity index (χ2n) is 7.22. The summed E-state index contributed by atoms with van der Waals surface area (Å²) in [5.74, 6) is -0.0673. The van der Waals surface area contributed by atoms with E-state index in [-0.39, 0.29) is 41.7 Å². The van der Waals surface area contributed by atoms with Crippen LogP contribution in [0.1, 0.15) is 19.2 Å². The third-order valence-corrected chi connectivity index (χ3v) is 6.31. The van der Waals surface area contributed by atoms with Crippen molar-refractivity contribution in [2.75, 3.05) is 18.8 Å². The average molecular weight is 462 g/mol. The van der Waals surface area contributed by atoms with Gasteiger partial charge >= 0.3 is 0 Å². The molecule has 4 rings (SSSR count). The lowest BCUT2D eigenvalue weighted by Gasteiger charge is -2.31. The molecule has 0 bridgehead atoms. The number of halogens is 1. The van der Waals surface area contributed by atoms with Crippen LogP contribution in [0.2, 0.25) is 5.02 Å². The van der Waals surface area contributed by atoms with Gasteiger partial charge in [-0.1, -0.05) is 18.5 Å². The molecule has 31 heavy (non-hydrogen) atoms. The van der Waals surface area contributed by atoms with Crippen LogP contribution < -0.4 is 5.56 Å². The SMILES string of the molecule is CCCN(Cc1nc2cc(Cl)ccc2c(=O)[nH]1)C(=O)C1=CC=CN2CCS(=O)(=O)N=C12. The quantitative estimate of drug-likeness (QED) is 0.726. The normalized spacial score (nSPS) is 17.2. The first-order valence-electron chi connectivity index (χ1n) is 9.73. The van der Waals surface area contributed by atoms with Crippen molar-refractivity contribution in [2.45, 2.75) is 19.9 Å². The lowest BCUT2D eigenvalue weighted by atomic mass is 10.1. The van der Waals surface area contributed by atoms with Crippen LogP contribution in [0, 0.1) is 0 Å². The van der Waals surface area contributed by atoms with Gasteiger partial charge in [-0.15, -0.1) is 4.40 Å². The highest BCUT2D eigenvalue weighted by Crippen LogP contribution is 2.21. The van der Waals surface area contributed by atoms with Crippen molar-refractivity contribution in [3.8, 4) is 0 Å². The van der Waals surface area contributed by atoms with E-state index in [1.165, 1.54) is 4.90 Å². The molecule has 1 amide bonds. The summed E-state index contributed by atoms with van der Waals surface area (Å²) >= 11 is 6.02. The van der Waals surface area contributed by atoms with Crippen LogP contribution in [0.15, 0.2) is 51.3 Å². The number of amidine groups is 1. The Morgan fingerprint density at radius 2 is 2.16 bits per heavy atom. The van der Waals surface area contributed by atoms with E-state index in [9.17, 15) is 18.0 Å². The van der Waals surface area contributed by atoms with E-state index in [4.69, 9.17) is 11.6 Å². The number of hydrogen-bond acceptors (Lipinski definition) is 6. The van der Waals surface area contributed by atoms with E-state index in [1.807, 2.05) is 6.92 Å². The summed E-state index contributed by atoms with van der Waals surface area (Å²) in [6.45, 7) is 2.58. The van der Waals surface area contributed by atoms with Gasteiger partial charge in [0.15, 0.2) is 5.84 Å². The Labute approximate surface area is 183 Å². The summed E-state index contributed by atoms with van der Waals surface area (Å²) in [7, 11) is -3.62. The van der Waals surface area contributed by atoms with Gasteiger partial charge in [-0.2, -0.15) is 0 Å². The lowest BCUT2D eigenvalue weighted by Crippen LogP contribution is -2.43. The zero-order chi connectivity index (χ0) is 22.2. The molecule has 11 heteroatoms. The smallest absolute Gasteiger partial charge is 0.258 e. The van der Waals surface area contributed by atoms with E-state index >= 15 is 0 Å². The summed E-state index contributed by atoms with van der Waals surface area (Å²) in [4.78, 5) is 36.1. The van der Waals surface area contributed by atoms with E-state index < -0.39 is 10.0 Å². The number of rotatable bonds is 5. The van der Waals surface area contributed by atoms with Gasteiger partial charge in [-0.3, -0.25) is 9.59 Å². The number of amides is 1. The number of hydrogen-bond donors (Lipinski definition) is 1. The number of aromatic amines is 1. The molecule has 0 atom stereocenters. The fraction of sp³-hybridized carbons (Fsp3) is 0.300. The van der Waals surface area contributed by atoms with Crippen molar-refractivity contribution in [2.24, 2.45) is 4.40 Å². The van der Waals surface area contributed by atoms with E-state index in [0.29, 0.717) is 34.7 Å². The predicted octanol–water partition coefficient (Wildman–Crippen LogP) is 1.81. The van der Waals surface area contributed by atoms with Crippen LogP contribution in [0.25, 0.3) is 10.9 Å². The highest BCUT2D eigenvalue weighted by Gasteiger charge is 2.32. The van der Waals surface area contributed by atoms with Crippen molar-refractivity contribution in [1.29, 1.82) is 0 Å². The number of benzene rings is 1. The van der Waals surface area contributed by atoms with E-state index in [0.717, 1.165) is 0 Å². The first-order valence-corrected chi connectivity index (χ1v) is 11.7. The maximum atomic E-state index is 13.3. The maximum Gasteiger partial charge on any atom is 0.258 e. The zero-order valence-corrected chi connectivity index (χ0v) is 18.3. The Bertz CT molecular complexity index is 1310. The standard InChI is InChI=1S/C20H20ClN5O4S/c1-2-7-26(12-17-22-16-11-13(21)5-6-14(16)19(27)23-17)20(28)15-4-3-8-25-9-10-31(29,30)24-18(15)25/h3-6,8,11H,2,7,9-10,12H2,1H3,(H,22,23,27). The number of nitrogens with zero attached hydrogens (tertiary/aromatic N) is 4. The number of allylic oxidation sites excluding steroid dienone is 2. The Hall–Kier alpha value is -2.98. The molecule has 0 radical (unpaired) electrons. The Morgan fingerprint density at radius 1 is 1.35 bits per heavy atom. The number of H-pyrrole nitrogens is 1. The molecular weight excluding hydrogens is 442 g/mol. The second kappa shape index (κ2) is 8.27. The summed E-state index contributed by atoms with van der Waals surface area (Å²) in [6.07, 6.45) is 5.59. The molecule has 1 N–H and O–H groups in total. The van der Waals surface area contributed by atoms with E-state index in [1.54, 1.807) is 41.5 Å². The minimum atomic E-state index is -3.62. The third kappa shape index (κ3) is 4.40. The predicted molar refractivity (Wildman–Crippen MR) is 118 cm³/mol. The monoisotopic (exact) mass is 461 g/mol. The molecular formula is C20H20ClN5O4S. The van der Waals surface area contributed by atoms with Crippen molar-refractivity contribution >= 4 is 44.3 Å². The molecule has 3 heterocycles. The van der Waals surface area contributed by atoms with Crippen LogP contribution in [-0.4, -0.2) is 58.8 Å². The van der Waals surface area contributed by atoms with Crippen LogP contribution in [0.3, 0.4) is 0 Å². The Kier molecular flexibility index (Phi) is 5.67. The molecule has 0 aliphatic carbocycles. The Morgan fingerprint density at radius 3 is 2.94 bits per heavy atom. The minimum Gasteiger partial charge on any atom is -0.331 e. The van der Waals surface area contributed by atoms with Crippen LogP contribution >= 0.6 is 11.6 Å². The molecule has 0 saturated heterocycles. The number of sulfonamides is 1. The van der Waals surface area contributed by atoms with E-state index in [2.05, 4.69) is 14.4 Å². The molecule has 1 aromatic heterocycles. The molecule has 1 aromatic carbocycles. The molecule has 9 nitrogen and oxygen atoms in total. The van der Waals surface area contributed by atoms with Gasteiger partial charge in [-0.05, 0) is 36.8 Å². The molecule has 0 unspecified atom stereocenters. The first kappa shape index (κ1) is 21.3. The fourth-order valence-electron chi connectivity index (χ4n) is 3.49. The topological polar surface area (TPSA) is 116 Å². The van der Waals surface area contributed by atoms with Crippen molar-refractivity contribution in [3.05, 3.63) is 63.3 Å². The number of carbonyl (C=O) groups excluding carboxylic acids is 1. The molecule has 0 fully saturated rings. The van der Waals surface area contributed by atoms with Crippen LogP contribution in [0.4, 0.5) is 0 Å². The highest BCUT2D eigenvalue weighted by molar-refractivity contribution is 7.90. The summed E-state index contributed by atoms with van der Waals surface area (Å²) < 4.78 is 27.8. The first-order chi connectivity index (χ1) is 14.8. The number of carbonyl (C=O) groups is 1. The highest BCUT2D eigenvalue weighted by atomic mass is 35.5. The van der Waals surface area contributed by atoms with Crippen molar-refractivity contribution in [1.82, 2.24) is 19.8 Å². The van der Waals surface area contributed by atoms with Gasteiger partial charge < -0.3 is 14.8 Å². The Balaban J connectivity index is 1.68. The largest absolute Gasteiger partial charge is 0.331 e. The number of aromatic nitrogens is 2. The molecule has 2 aromatic rings. The molecule has 0 saturated carbocycles.